The van der Waals surface area contributed by atoms with Crippen LogP contribution in [-0.2, 0) is 0 Å². The Bertz CT molecular complexity index is 1000. The predicted octanol–water partition coefficient (Wildman–Crippen LogP) is 5.42. The molecule has 0 fully saturated rings. The molecule has 2 heterocycles. The van der Waals surface area contributed by atoms with Gasteiger partial charge in [-0.05, 0) is 47.5 Å². The molecule has 134 valence electrons. The van der Waals surface area contributed by atoms with Gasteiger partial charge in [-0.3, -0.25) is 5.01 Å². The van der Waals surface area contributed by atoms with Crippen LogP contribution in [0.25, 0.3) is 0 Å². The van der Waals surface area contributed by atoms with E-state index in [9.17, 15) is 0 Å². The Hall–Kier alpha value is -2.98. The maximum absolute atomic E-state index is 6.05. The van der Waals surface area contributed by atoms with Crippen LogP contribution in [0.2, 0.25) is 5.02 Å². The summed E-state index contributed by atoms with van der Waals surface area (Å²) in [5.41, 5.74) is 4.33. The summed E-state index contributed by atoms with van der Waals surface area (Å²) < 4.78 is 11.0. The number of halogens is 1. The summed E-state index contributed by atoms with van der Waals surface area (Å²) in [7, 11) is 0. The lowest BCUT2D eigenvalue weighted by atomic mass is 9.98. The van der Waals surface area contributed by atoms with Crippen molar-refractivity contribution in [1.82, 2.24) is 0 Å². The number of rotatable bonds is 3. The fraction of sp³-hybridized carbons (Fsp3) is 0.136. The molecule has 0 N–H and O–H groups in total. The van der Waals surface area contributed by atoms with Crippen LogP contribution in [0.5, 0.6) is 11.5 Å². The Kier molecular flexibility index (Phi) is 3.98. The highest BCUT2D eigenvalue weighted by Crippen LogP contribution is 2.41. The molecule has 0 saturated heterocycles. The molecule has 0 unspecified atom stereocenters. The lowest BCUT2D eigenvalue weighted by Gasteiger charge is -2.24. The quantitative estimate of drug-likeness (QED) is 0.611. The van der Waals surface area contributed by atoms with E-state index in [2.05, 4.69) is 29.3 Å². The van der Waals surface area contributed by atoms with E-state index in [1.165, 1.54) is 0 Å². The summed E-state index contributed by atoms with van der Waals surface area (Å²) in [5.74, 6) is 1.59. The first-order valence-corrected chi connectivity index (χ1v) is 9.23. The molecule has 2 aliphatic heterocycles. The van der Waals surface area contributed by atoms with Crippen LogP contribution < -0.4 is 14.5 Å². The molecule has 5 rings (SSSR count). The van der Waals surface area contributed by atoms with E-state index in [1.807, 2.05) is 48.5 Å². The van der Waals surface area contributed by atoms with Crippen molar-refractivity contribution in [2.45, 2.75) is 12.5 Å². The Morgan fingerprint density at radius 2 is 1.67 bits per heavy atom. The smallest absolute Gasteiger partial charge is 0.231 e. The molecule has 1 atom stereocenters. The second-order valence-corrected chi connectivity index (χ2v) is 7.00. The van der Waals surface area contributed by atoms with E-state index in [-0.39, 0.29) is 12.8 Å². The minimum Gasteiger partial charge on any atom is -0.454 e. The van der Waals surface area contributed by atoms with E-state index in [0.717, 1.165) is 45.5 Å². The maximum atomic E-state index is 6.05. The summed E-state index contributed by atoms with van der Waals surface area (Å²) in [6.07, 6.45) is 0.802. The molecule has 3 aromatic carbocycles. The normalized spacial score (nSPS) is 17.9. The van der Waals surface area contributed by atoms with Crippen LogP contribution in [0.1, 0.15) is 23.6 Å². The molecule has 0 bridgehead atoms. The average Bonchev–Trinajstić information content (AvgIpc) is 3.36. The van der Waals surface area contributed by atoms with Crippen molar-refractivity contribution in [3.63, 3.8) is 0 Å². The van der Waals surface area contributed by atoms with Crippen LogP contribution >= 0.6 is 11.6 Å². The summed E-state index contributed by atoms with van der Waals surface area (Å²) in [6, 6.07) is 24.3. The third-order valence-corrected chi connectivity index (χ3v) is 5.14. The summed E-state index contributed by atoms with van der Waals surface area (Å²) in [5, 5.41) is 7.76. The molecular weight excluding hydrogens is 360 g/mol. The topological polar surface area (TPSA) is 34.1 Å². The van der Waals surface area contributed by atoms with Gasteiger partial charge in [0.1, 0.15) is 0 Å². The van der Waals surface area contributed by atoms with Gasteiger partial charge in [-0.25, -0.2) is 0 Å². The first kappa shape index (κ1) is 16.2. The van der Waals surface area contributed by atoms with Crippen LogP contribution in [0.4, 0.5) is 5.69 Å². The van der Waals surface area contributed by atoms with E-state index in [4.69, 9.17) is 26.2 Å². The Balaban J connectivity index is 1.55. The monoisotopic (exact) mass is 376 g/mol. The van der Waals surface area contributed by atoms with Crippen molar-refractivity contribution in [2.24, 2.45) is 5.10 Å². The van der Waals surface area contributed by atoms with E-state index in [0.29, 0.717) is 0 Å². The van der Waals surface area contributed by atoms with E-state index >= 15 is 0 Å². The number of ether oxygens (including phenoxy) is 2. The van der Waals surface area contributed by atoms with Crippen molar-refractivity contribution in [3.05, 3.63) is 88.9 Å². The SMILES string of the molecule is Clc1ccc(C2=NN(c3ccccc3)[C@@H](c3ccc4c(c3)OCO4)C2)cc1. The molecule has 0 amide bonds. The zero-order chi connectivity index (χ0) is 18.2. The maximum Gasteiger partial charge on any atom is 0.231 e. The number of fused-ring (bicyclic) bond motifs is 1. The van der Waals surface area contributed by atoms with Gasteiger partial charge < -0.3 is 9.47 Å². The number of hydrogen-bond acceptors (Lipinski definition) is 4. The molecule has 27 heavy (non-hydrogen) atoms. The predicted molar refractivity (Wildman–Crippen MR) is 107 cm³/mol. The highest BCUT2D eigenvalue weighted by molar-refractivity contribution is 6.30. The van der Waals surface area contributed by atoms with Gasteiger partial charge in [0.25, 0.3) is 0 Å². The molecule has 4 nitrogen and oxygen atoms in total. The van der Waals surface area contributed by atoms with Crippen LogP contribution in [0.3, 0.4) is 0 Å². The molecule has 0 radical (unpaired) electrons. The minimum absolute atomic E-state index is 0.0904. The molecule has 3 aromatic rings. The highest BCUT2D eigenvalue weighted by atomic mass is 35.5. The second-order valence-electron chi connectivity index (χ2n) is 6.57. The Morgan fingerprint density at radius 3 is 2.48 bits per heavy atom. The third-order valence-electron chi connectivity index (χ3n) is 4.89. The lowest BCUT2D eigenvalue weighted by molar-refractivity contribution is 0.174. The number of anilines is 1. The van der Waals surface area contributed by atoms with Crippen molar-refractivity contribution in [3.8, 4) is 11.5 Å². The number of benzene rings is 3. The fourth-order valence-corrected chi connectivity index (χ4v) is 3.65. The summed E-state index contributed by atoms with van der Waals surface area (Å²) in [6.45, 7) is 0.276. The van der Waals surface area contributed by atoms with Gasteiger partial charge in [0, 0.05) is 11.4 Å². The van der Waals surface area contributed by atoms with E-state index in [1.54, 1.807) is 0 Å². The Morgan fingerprint density at radius 1 is 0.889 bits per heavy atom. The van der Waals surface area contributed by atoms with Gasteiger partial charge in [-0.15, -0.1) is 0 Å². The Labute approximate surface area is 162 Å². The molecule has 0 spiro atoms. The molecular formula is C22H17ClN2O2. The van der Waals surface area contributed by atoms with Crippen LogP contribution in [0.15, 0.2) is 77.9 Å². The van der Waals surface area contributed by atoms with Gasteiger partial charge in [0.2, 0.25) is 6.79 Å². The summed E-state index contributed by atoms with van der Waals surface area (Å²) in [4.78, 5) is 0. The minimum atomic E-state index is 0.0904. The van der Waals surface area contributed by atoms with Gasteiger partial charge in [0.15, 0.2) is 11.5 Å². The van der Waals surface area contributed by atoms with Gasteiger partial charge in [-0.1, -0.05) is 48.0 Å². The van der Waals surface area contributed by atoms with Crippen LogP contribution in [0, 0.1) is 0 Å². The lowest BCUT2D eigenvalue weighted by Crippen LogP contribution is -2.18. The standard InChI is InChI=1S/C22H17ClN2O2/c23-17-9-6-15(7-10-17)19-13-20(25(24-19)18-4-2-1-3-5-18)16-8-11-21-22(12-16)27-14-26-21/h1-12,20H,13-14H2/t20-/m1/s1. The molecule has 2 aliphatic rings. The molecule has 5 heteroatoms. The zero-order valence-corrected chi connectivity index (χ0v) is 15.3. The van der Waals surface area contributed by atoms with Crippen molar-refractivity contribution < 1.29 is 9.47 Å². The number of para-hydroxylation sites is 1. The zero-order valence-electron chi connectivity index (χ0n) is 14.5. The average molecular weight is 377 g/mol. The van der Waals surface area contributed by atoms with Gasteiger partial charge in [0.05, 0.1) is 17.4 Å². The highest BCUT2D eigenvalue weighted by Gasteiger charge is 2.31. The second kappa shape index (κ2) is 6.63. The molecule has 0 aliphatic carbocycles. The fourth-order valence-electron chi connectivity index (χ4n) is 3.53. The number of nitrogens with zero attached hydrogens (tertiary/aromatic N) is 2. The van der Waals surface area contributed by atoms with Crippen molar-refractivity contribution in [1.29, 1.82) is 0 Å². The van der Waals surface area contributed by atoms with Crippen molar-refractivity contribution in [2.75, 3.05) is 11.8 Å². The van der Waals surface area contributed by atoms with Crippen LogP contribution in [-0.4, -0.2) is 12.5 Å². The first-order chi connectivity index (χ1) is 13.3. The van der Waals surface area contributed by atoms with Gasteiger partial charge in [-0.2, -0.15) is 5.10 Å². The largest absolute Gasteiger partial charge is 0.454 e. The van der Waals surface area contributed by atoms with Gasteiger partial charge >= 0.3 is 0 Å². The van der Waals surface area contributed by atoms with Crippen molar-refractivity contribution >= 4 is 23.0 Å². The molecule has 0 aromatic heterocycles. The number of hydrogen-bond donors (Lipinski definition) is 0. The number of hydrazone groups is 1. The first-order valence-electron chi connectivity index (χ1n) is 8.85. The summed E-state index contributed by atoms with van der Waals surface area (Å²) >= 11 is 6.05. The third kappa shape index (κ3) is 3.02. The molecule has 0 saturated carbocycles. The van der Waals surface area contributed by atoms with E-state index < -0.39 is 0 Å².